The van der Waals surface area contributed by atoms with Crippen LogP contribution in [0.2, 0.25) is 0 Å². The zero-order chi connectivity index (χ0) is 6.41. The summed E-state index contributed by atoms with van der Waals surface area (Å²) in [6.45, 7) is -2.51. The van der Waals surface area contributed by atoms with Crippen LogP contribution in [0.15, 0.2) is 0 Å². The molecule has 0 atom stereocenters. The van der Waals surface area contributed by atoms with Crippen LogP contribution in [0.25, 0.3) is 0 Å². The molecule has 8 heavy (non-hydrogen) atoms. The standard InChI is InChI=1S/C4H8F2O2/c1-7-2-3-8-4(5)6/h4H,2-3H2,1H3. The van der Waals surface area contributed by atoms with Crippen LogP contribution < -0.4 is 0 Å². The third-order valence-corrected chi connectivity index (χ3v) is 0.531. The SMILES string of the molecule is COCCOC(F)F. The van der Waals surface area contributed by atoms with E-state index < -0.39 is 6.61 Å². The quantitative estimate of drug-likeness (QED) is 0.520. The molecular weight excluding hydrogens is 118 g/mol. The number of hydrogen-bond donors (Lipinski definition) is 0. The summed E-state index contributed by atoms with van der Waals surface area (Å²) in [4.78, 5) is 0. The molecule has 50 valence electrons. The lowest BCUT2D eigenvalue weighted by Gasteiger charge is -1.98. The van der Waals surface area contributed by atoms with E-state index in [1.54, 1.807) is 0 Å². The Labute approximate surface area is 46.4 Å². The summed E-state index contributed by atoms with van der Waals surface area (Å²) in [6.07, 6.45) is 0. The van der Waals surface area contributed by atoms with Crippen molar-refractivity contribution in [1.29, 1.82) is 0 Å². The Kier molecular flexibility index (Phi) is 4.79. The van der Waals surface area contributed by atoms with Gasteiger partial charge >= 0.3 is 6.61 Å². The molecule has 0 aromatic carbocycles. The van der Waals surface area contributed by atoms with E-state index in [1.807, 2.05) is 0 Å². The molecule has 0 spiro atoms. The largest absolute Gasteiger partial charge is 0.382 e. The molecule has 0 aromatic heterocycles. The second-order valence-corrected chi connectivity index (χ2v) is 1.12. The van der Waals surface area contributed by atoms with Crippen molar-refractivity contribution in [2.45, 2.75) is 6.61 Å². The van der Waals surface area contributed by atoms with E-state index >= 15 is 0 Å². The molecule has 0 unspecified atom stereocenters. The van der Waals surface area contributed by atoms with Crippen LogP contribution in [0.3, 0.4) is 0 Å². The fraction of sp³-hybridized carbons (Fsp3) is 1.00. The Balaban J connectivity index is 2.72. The van der Waals surface area contributed by atoms with Crippen LogP contribution in [0.4, 0.5) is 8.78 Å². The van der Waals surface area contributed by atoms with Gasteiger partial charge < -0.3 is 9.47 Å². The lowest BCUT2D eigenvalue weighted by molar-refractivity contribution is -0.137. The van der Waals surface area contributed by atoms with Gasteiger partial charge in [0, 0.05) is 7.11 Å². The van der Waals surface area contributed by atoms with Gasteiger partial charge in [-0.25, -0.2) is 0 Å². The van der Waals surface area contributed by atoms with E-state index in [9.17, 15) is 8.78 Å². The minimum absolute atomic E-state index is 0.0475. The predicted octanol–water partition coefficient (Wildman–Crippen LogP) is 0.872. The Morgan fingerprint density at radius 3 is 2.38 bits per heavy atom. The average molecular weight is 126 g/mol. The summed E-state index contributed by atoms with van der Waals surface area (Å²) in [7, 11) is 1.43. The fourth-order valence-electron chi connectivity index (χ4n) is 0.221. The molecule has 0 aliphatic rings. The minimum Gasteiger partial charge on any atom is -0.382 e. The van der Waals surface area contributed by atoms with Crippen molar-refractivity contribution >= 4 is 0 Å². The van der Waals surface area contributed by atoms with Crippen LogP contribution in [-0.2, 0) is 9.47 Å². The lowest BCUT2D eigenvalue weighted by Crippen LogP contribution is -2.05. The molecule has 0 heterocycles. The third kappa shape index (κ3) is 5.78. The lowest BCUT2D eigenvalue weighted by atomic mass is 10.8. The molecular formula is C4H8F2O2. The predicted molar refractivity (Wildman–Crippen MR) is 23.8 cm³/mol. The first kappa shape index (κ1) is 7.78. The number of alkyl halides is 2. The van der Waals surface area contributed by atoms with Crippen LogP contribution in [0.1, 0.15) is 0 Å². The normalized spacial score (nSPS) is 10.5. The van der Waals surface area contributed by atoms with Crippen LogP contribution >= 0.6 is 0 Å². The zero-order valence-electron chi connectivity index (χ0n) is 4.56. The molecule has 0 rings (SSSR count). The van der Waals surface area contributed by atoms with E-state index in [-0.39, 0.29) is 13.2 Å². The maximum atomic E-state index is 11.1. The number of ether oxygens (including phenoxy) is 2. The van der Waals surface area contributed by atoms with Gasteiger partial charge in [-0.05, 0) is 0 Å². The molecule has 0 saturated heterocycles. The van der Waals surface area contributed by atoms with Gasteiger partial charge in [0.2, 0.25) is 0 Å². The van der Waals surface area contributed by atoms with Crippen molar-refractivity contribution in [2.24, 2.45) is 0 Å². The Morgan fingerprint density at radius 2 is 2.00 bits per heavy atom. The molecule has 0 fully saturated rings. The highest BCUT2D eigenvalue weighted by Crippen LogP contribution is 1.92. The molecule has 0 amide bonds. The smallest absolute Gasteiger partial charge is 0.345 e. The van der Waals surface area contributed by atoms with Gasteiger partial charge in [0.1, 0.15) is 0 Å². The summed E-state index contributed by atoms with van der Waals surface area (Å²) < 4.78 is 30.4. The monoisotopic (exact) mass is 126 g/mol. The van der Waals surface area contributed by atoms with Crippen LogP contribution in [0.5, 0.6) is 0 Å². The third-order valence-electron chi connectivity index (χ3n) is 0.531. The molecule has 0 saturated carbocycles. The highest BCUT2D eigenvalue weighted by molar-refractivity contribution is 4.22. The number of halogens is 2. The molecule has 0 bridgehead atoms. The first-order chi connectivity index (χ1) is 3.77. The molecule has 4 heteroatoms. The van der Waals surface area contributed by atoms with Gasteiger partial charge in [-0.1, -0.05) is 0 Å². The van der Waals surface area contributed by atoms with Crippen molar-refractivity contribution in [2.75, 3.05) is 20.3 Å². The molecule has 2 nitrogen and oxygen atoms in total. The first-order valence-corrected chi connectivity index (χ1v) is 2.16. The van der Waals surface area contributed by atoms with Gasteiger partial charge in [0.05, 0.1) is 13.2 Å². The van der Waals surface area contributed by atoms with Gasteiger partial charge in [-0.3, -0.25) is 0 Å². The van der Waals surface area contributed by atoms with E-state index in [1.165, 1.54) is 7.11 Å². The van der Waals surface area contributed by atoms with Gasteiger partial charge in [0.25, 0.3) is 0 Å². The summed E-state index contributed by atoms with van der Waals surface area (Å²) in [6, 6.07) is 0. The number of hydrogen-bond acceptors (Lipinski definition) is 2. The van der Waals surface area contributed by atoms with Gasteiger partial charge in [-0.2, -0.15) is 8.78 Å². The highest BCUT2D eigenvalue weighted by atomic mass is 19.3. The van der Waals surface area contributed by atoms with Crippen LogP contribution in [0, 0.1) is 0 Å². The zero-order valence-corrected chi connectivity index (χ0v) is 4.56. The average Bonchev–Trinajstić information content (AvgIpc) is 1.66. The molecule has 0 aliphatic carbocycles. The van der Waals surface area contributed by atoms with E-state index in [4.69, 9.17) is 0 Å². The topological polar surface area (TPSA) is 18.5 Å². The maximum Gasteiger partial charge on any atom is 0.345 e. The molecule has 0 aliphatic heterocycles. The van der Waals surface area contributed by atoms with E-state index in [0.717, 1.165) is 0 Å². The van der Waals surface area contributed by atoms with Gasteiger partial charge in [-0.15, -0.1) is 0 Å². The van der Waals surface area contributed by atoms with Crippen molar-refractivity contribution in [1.82, 2.24) is 0 Å². The Hall–Kier alpha value is -0.220. The summed E-state index contributed by atoms with van der Waals surface area (Å²) in [5, 5.41) is 0. The van der Waals surface area contributed by atoms with E-state index in [0.29, 0.717) is 0 Å². The second-order valence-electron chi connectivity index (χ2n) is 1.12. The van der Waals surface area contributed by atoms with Crippen molar-refractivity contribution in [3.63, 3.8) is 0 Å². The minimum atomic E-state index is -2.68. The van der Waals surface area contributed by atoms with Crippen molar-refractivity contribution in [3.8, 4) is 0 Å². The summed E-state index contributed by atoms with van der Waals surface area (Å²) in [5.41, 5.74) is 0. The molecule has 0 radical (unpaired) electrons. The number of rotatable bonds is 4. The Morgan fingerprint density at radius 1 is 1.38 bits per heavy atom. The highest BCUT2D eigenvalue weighted by Gasteiger charge is 1.98. The number of methoxy groups -OCH3 is 1. The van der Waals surface area contributed by atoms with Gasteiger partial charge in [0.15, 0.2) is 0 Å². The second kappa shape index (κ2) is 4.93. The fourth-order valence-corrected chi connectivity index (χ4v) is 0.221. The summed E-state index contributed by atoms with van der Waals surface area (Å²) >= 11 is 0. The molecule has 0 aromatic rings. The Bertz CT molecular complexity index is 49.3. The van der Waals surface area contributed by atoms with Crippen molar-refractivity contribution in [3.05, 3.63) is 0 Å². The molecule has 0 N–H and O–H groups in total. The van der Waals surface area contributed by atoms with E-state index in [2.05, 4.69) is 9.47 Å². The van der Waals surface area contributed by atoms with Crippen LogP contribution in [-0.4, -0.2) is 26.9 Å². The van der Waals surface area contributed by atoms with Crippen molar-refractivity contribution < 1.29 is 18.3 Å². The maximum absolute atomic E-state index is 11.1. The summed E-state index contributed by atoms with van der Waals surface area (Å²) in [5.74, 6) is 0. The first-order valence-electron chi connectivity index (χ1n) is 2.16.